The SMILES string of the molecule is CC(C)(C)N1C(=O)C2C(c3cccc(Oc4cccc(C(F)(F)F)c4)c3)NC(CC(=O)O)(C(=O)O)C2C1=O. The largest absolute Gasteiger partial charge is 0.481 e. The lowest BCUT2D eigenvalue weighted by Crippen LogP contribution is -2.58. The van der Waals surface area contributed by atoms with Crippen LogP contribution in [0.5, 0.6) is 11.5 Å². The highest BCUT2D eigenvalue weighted by Gasteiger charge is 2.70. The van der Waals surface area contributed by atoms with Crippen LogP contribution < -0.4 is 10.1 Å². The second-order valence-electron chi connectivity index (χ2n) is 10.4. The normalized spacial score (nSPS) is 25.4. The highest BCUT2D eigenvalue weighted by molar-refractivity contribution is 6.10. The maximum atomic E-state index is 13.5. The molecule has 4 rings (SSSR count). The van der Waals surface area contributed by atoms with Crippen LogP contribution in [0.15, 0.2) is 48.5 Å². The van der Waals surface area contributed by atoms with Gasteiger partial charge >= 0.3 is 18.1 Å². The molecule has 12 heteroatoms. The highest BCUT2D eigenvalue weighted by atomic mass is 19.4. The van der Waals surface area contributed by atoms with Crippen LogP contribution >= 0.6 is 0 Å². The predicted octanol–water partition coefficient (Wildman–Crippen LogP) is 3.84. The number of imide groups is 1. The first-order chi connectivity index (χ1) is 17.6. The number of nitrogens with one attached hydrogen (secondary N) is 1. The molecule has 2 heterocycles. The van der Waals surface area contributed by atoms with E-state index in [-0.39, 0.29) is 11.5 Å². The number of hydrogen-bond acceptors (Lipinski definition) is 6. The number of rotatable bonds is 6. The lowest BCUT2D eigenvalue weighted by Gasteiger charge is -2.34. The quantitative estimate of drug-likeness (QED) is 0.476. The molecule has 2 aromatic carbocycles. The van der Waals surface area contributed by atoms with Gasteiger partial charge in [-0.05, 0) is 56.7 Å². The highest BCUT2D eigenvalue weighted by Crippen LogP contribution is 2.51. The molecule has 4 unspecified atom stereocenters. The number of alkyl halides is 3. The van der Waals surface area contributed by atoms with E-state index in [0.717, 1.165) is 17.0 Å². The van der Waals surface area contributed by atoms with Gasteiger partial charge in [-0.2, -0.15) is 13.2 Å². The Labute approximate surface area is 215 Å². The van der Waals surface area contributed by atoms with Crippen molar-refractivity contribution in [2.24, 2.45) is 11.8 Å². The minimum absolute atomic E-state index is 0.0932. The number of ether oxygens (including phenoxy) is 1. The van der Waals surface area contributed by atoms with Crippen LogP contribution in [0.25, 0.3) is 0 Å². The molecular weight excluding hydrogens is 509 g/mol. The summed E-state index contributed by atoms with van der Waals surface area (Å²) < 4.78 is 44.9. The molecule has 2 amide bonds. The van der Waals surface area contributed by atoms with E-state index >= 15 is 0 Å². The van der Waals surface area contributed by atoms with Gasteiger partial charge in [0.05, 0.1) is 23.8 Å². The molecule has 0 spiro atoms. The number of amides is 2. The first-order valence-corrected chi connectivity index (χ1v) is 11.6. The van der Waals surface area contributed by atoms with E-state index in [9.17, 15) is 42.6 Å². The van der Waals surface area contributed by atoms with Crippen molar-refractivity contribution in [3.63, 3.8) is 0 Å². The molecule has 2 aliphatic rings. The smallest absolute Gasteiger partial charge is 0.416 e. The third-order valence-corrected chi connectivity index (χ3v) is 6.75. The number of fused-ring (bicyclic) bond motifs is 1. The van der Waals surface area contributed by atoms with E-state index in [2.05, 4.69) is 5.32 Å². The predicted molar refractivity (Wildman–Crippen MR) is 125 cm³/mol. The van der Waals surface area contributed by atoms with E-state index in [0.29, 0.717) is 5.56 Å². The Bertz CT molecular complexity index is 1320. The topological polar surface area (TPSA) is 133 Å². The molecular formula is C26H25F3N2O7. The van der Waals surface area contributed by atoms with E-state index in [1.807, 2.05) is 0 Å². The van der Waals surface area contributed by atoms with E-state index in [4.69, 9.17) is 4.74 Å². The fourth-order valence-corrected chi connectivity index (χ4v) is 5.27. The van der Waals surface area contributed by atoms with Crippen LogP contribution in [0.4, 0.5) is 13.2 Å². The van der Waals surface area contributed by atoms with Crippen molar-refractivity contribution >= 4 is 23.8 Å². The fraction of sp³-hybridized carbons (Fsp3) is 0.385. The molecule has 2 saturated heterocycles. The summed E-state index contributed by atoms with van der Waals surface area (Å²) in [4.78, 5) is 52.1. The first kappa shape index (κ1) is 27.1. The third kappa shape index (κ3) is 4.60. The number of aliphatic carboxylic acids is 2. The van der Waals surface area contributed by atoms with Gasteiger partial charge in [-0.15, -0.1) is 0 Å². The summed E-state index contributed by atoms with van der Waals surface area (Å²) in [6.45, 7) is 4.82. The maximum Gasteiger partial charge on any atom is 0.416 e. The lowest BCUT2D eigenvalue weighted by molar-refractivity contribution is -0.157. The third-order valence-electron chi connectivity index (χ3n) is 6.75. The van der Waals surface area contributed by atoms with E-state index < -0.39 is 70.9 Å². The molecule has 2 aromatic rings. The first-order valence-electron chi connectivity index (χ1n) is 11.6. The van der Waals surface area contributed by atoms with Crippen LogP contribution in [0.2, 0.25) is 0 Å². The molecule has 3 N–H and O–H groups in total. The molecule has 0 bridgehead atoms. The Morgan fingerprint density at radius 1 is 1.00 bits per heavy atom. The van der Waals surface area contributed by atoms with Gasteiger partial charge in [0, 0.05) is 11.6 Å². The summed E-state index contributed by atoms with van der Waals surface area (Å²) in [5.74, 6) is -7.25. The lowest BCUT2D eigenvalue weighted by atomic mass is 9.77. The number of hydrogen-bond donors (Lipinski definition) is 3. The van der Waals surface area contributed by atoms with Gasteiger partial charge in [-0.3, -0.25) is 29.4 Å². The number of halogens is 3. The summed E-state index contributed by atoms with van der Waals surface area (Å²) in [6.07, 6.45) is -5.54. The average molecular weight is 534 g/mol. The van der Waals surface area contributed by atoms with E-state index in [1.165, 1.54) is 36.4 Å². The molecule has 2 fully saturated rings. The van der Waals surface area contributed by atoms with Crippen LogP contribution in [0.1, 0.15) is 44.4 Å². The van der Waals surface area contributed by atoms with Gasteiger partial charge in [0.2, 0.25) is 11.8 Å². The van der Waals surface area contributed by atoms with Crippen molar-refractivity contribution in [3.05, 3.63) is 59.7 Å². The molecule has 38 heavy (non-hydrogen) atoms. The number of carboxylic acids is 2. The number of nitrogens with zero attached hydrogens (tertiary/aromatic N) is 1. The zero-order valence-corrected chi connectivity index (χ0v) is 20.6. The molecule has 0 aliphatic carbocycles. The van der Waals surface area contributed by atoms with Gasteiger partial charge in [0.1, 0.15) is 17.0 Å². The van der Waals surface area contributed by atoms with Crippen molar-refractivity contribution in [1.29, 1.82) is 0 Å². The standard InChI is InChI=1S/C26H25F3N2O7/c1-24(2,3)31-21(34)18-19(22(31)35)25(23(36)37,12-17(32)33)30-20(18)13-6-4-8-15(10-13)38-16-9-5-7-14(11-16)26(27,28)29/h4-11,18-20,30H,12H2,1-3H3,(H,32,33)(H,36,37). The van der Waals surface area contributed by atoms with Gasteiger partial charge in [-0.25, -0.2) is 0 Å². The Hall–Kier alpha value is -3.93. The van der Waals surface area contributed by atoms with Gasteiger partial charge in [0.15, 0.2) is 0 Å². The Morgan fingerprint density at radius 2 is 1.61 bits per heavy atom. The number of likely N-dealkylation sites (tertiary alicyclic amines) is 1. The van der Waals surface area contributed by atoms with Gasteiger partial charge < -0.3 is 14.9 Å². The molecule has 0 saturated carbocycles. The second kappa shape index (κ2) is 9.12. The summed E-state index contributed by atoms with van der Waals surface area (Å²) in [5.41, 5.74) is -3.88. The Morgan fingerprint density at radius 3 is 2.16 bits per heavy atom. The zero-order chi connectivity index (χ0) is 28.2. The van der Waals surface area contributed by atoms with Gasteiger partial charge in [-0.1, -0.05) is 18.2 Å². The monoisotopic (exact) mass is 534 g/mol. The molecule has 9 nitrogen and oxygen atoms in total. The molecule has 4 atom stereocenters. The maximum absolute atomic E-state index is 13.5. The average Bonchev–Trinajstić information content (AvgIpc) is 3.27. The summed E-state index contributed by atoms with van der Waals surface area (Å²) in [5, 5.41) is 22.4. The van der Waals surface area contributed by atoms with Crippen molar-refractivity contribution in [2.75, 3.05) is 0 Å². The fourth-order valence-electron chi connectivity index (χ4n) is 5.27. The number of carbonyl (C=O) groups excluding carboxylic acids is 2. The van der Waals surface area contributed by atoms with Crippen LogP contribution in [-0.2, 0) is 25.4 Å². The summed E-state index contributed by atoms with van der Waals surface area (Å²) >= 11 is 0. The van der Waals surface area contributed by atoms with Crippen LogP contribution in [-0.4, -0.2) is 49.9 Å². The number of benzene rings is 2. The Balaban J connectivity index is 1.76. The van der Waals surface area contributed by atoms with E-state index in [1.54, 1.807) is 20.8 Å². The summed E-state index contributed by atoms with van der Waals surface area (Å²) in [7, 11) is 0. The number of carboxylic acid groups (broad SMARTS) is 2. The minimum Gasteiger partial charge on any atom is -0.481 e. The zero-order valence-electron chi connectivity index (χ0n) is 20.6. The molecule has 202 valence electrons. The summed E-state index contributed by atoms with van der Waals surface area (Å²) in [6, 6.07) is 9.02. The van der Waals surface area contributed by atoms with Crippen molar-refractivity contribution in [2.45, 2.75) is 50.5 Å². The second-order valence-corrected chi connectivity index (χ2v) is 10.4. The molecule has 2 aliphatic heterocycles. The number of carbonyl (C=O) groups is 4. The van der Waals surface area contributed by atoms with Crippen molar-refractivity contribution in [3.8, 4) is 11.5 Å². The molecule has 0 radical (unpaired) electrons. The van der Waals surface area contributed by atoms with Crippen LogP contribution in [0, 0.1) is 11.8 Å². The van der Waals surface area contributed by atoms with Crippen molar-refractivity contribution < 1.29 is 47.3 Å². The minimum atomic E-state index is -4.58. The Kier molecular flexibility index (Phi) is 6.51. The molecule has 0 aromatic heterocycles. The van der Waals surface area contributed by atoms with Gasteiger partial charge in [0.25, 0.3) is 0 Å². The van der Waals surface area contributed by atoms with Crippen LogP contribution in [0.3, 0.4) is 0 Å². The van der Waals surface area contributed by atoms with Crippen molar-refractivity contribution in [1.82, 2.24) is 10.2 Å².